The van der Waals surface area contributed by atoms with Crippen LogP contribution in [0.3, 0.4) is 0 Å². The Morgan fingerprint density at radius 1 is 1.19 bits per heavy atom. The third-order valence-corrected chi connectivity index (χ3v) is 6.05. The number of piperazine rings is 1. The predicted octanol–water partition coefficient (Wildman–Crippen LogP) is 4.94. The normalized spacial score (nSPS) is 15.5. The molecule has 1 aliphatic rings. The van der Waals surface area contributed by atoms with Crippen molar-refractivity contribution >= 4 is 61.9 Å². The number of anilines is 1. The van der Waals surface area contributed by atoms with Crippen molar-refractivity contribution in [2.24, 2.45) is 0 Å². The highest BCUT2D eigenvalue weighted by atomic mass is 79.9. The molecule has 0 bridgehead atoms. The van der Waals surface area contributed by atoms with Gasteiger partial charge in [0.2, 0.25) is 5.28 Å². The summed E-state index contributed by atoms with van der Waals surface area (Å²) in [7, 11) is 0. The van der Waals surface area contributed by atoms with Crippen LogP contribution in [-0.4, -0.2) is 52.2 Å². The second kappa shape index (κ2) is 7.22. The van der Waals surface area contributed by atoms with E-state index < -0.39 is 17.3 Å². The van der Waals surface area contributed by atoms with Gasteiger partial charge in [-0.1, -0.05) is 32.4 Å². The largest absolute Gasteiger partial charge is 0.465 e. The zero-order valence-corrected chi connectivity index (χ0v) is 18.1. The third kappa shape index (κ3) is 3.67. The summed E-state index contributed by atoms with van der Waals surface area (Å²) in [4.78, 5) is 22.9. The molecule has 146 valence electrons. The van der Waals surface area contributed by atoms with Gasteiger partial charge < -0.3 is 14.9 Å². The maximum absolute atomic E-state index is 14.9. The zero-order valence-electron chi connectivity index (χ0n) is 15.0. The van der Waals surface area contributed by atoms with E-state index in [1.165, 1.54) is 4.90 Å². The van der Waals surface area contributed by atoms with Crippen LogP contribution < -0.4 is 4.90 Å². The Morgan fingerprint density at radius 2 is 1.78 bits per heavy atom. The molecule has 1 amide bonds. The van der Waals surface area contributed by atoms with E-state index in [0.29, 0.717) is 42.9 Å². The van der Waals surface area contributed by atoms with E-state index in [-0.39, 0.29) is 20.3 Å². The van der Waals surface area contributed by atoms with Gasteiger partial charge in [0.25, 0.3) is 0 Å². The highest BCUT2D eigenvalue weighted by Gasteiger charge is 2.31. The molecule has 0 aliphatic carbocycles. The Bertz CT molecular complexity index is 928. The maximum Gasteiger partial charge on any atom is 0.407 e. The fraction of sp³-hybridized carbons (Fsp3) is 0.471. The summed E-state index contributed by atoms with van der Waals surface area (Å²) >= 11 is 15.8. The molecule has 1 aliphatic heterocycles. The molecular formula is C17H18BrCl2FN4O2. The van der Waals surface area contributed by atoms with Crippen molar-refractivity contribution < 1.29 is 14.3 Å². The van der Waals surface area contributed by atoms with Crippen LogP contribution in [0.5, 0.6) is 0 Å². The Labute approximate surface area is 174 Å². The molecule has 0 unspecified atom stereocenters. The summed E-state index contributed by atoms with van der Waals surface area (Å²) < 4.78 is 15.1. The number of benzene rings is 1. The van der Waals surface area contributed by atoms with E-state index in [9.17, 15) is 9.18 Å². The summed E-state index contributed by atoms with van der Waals surface area (Å²) in [5.74, 6) is -0.133. The van der Waals surface area contributed by atoms with Crippen molar-refractivity contribution in [3.05, 3.63) is 26.2 Å². The zero-order chi connectivity index (χ0) is 20.1. The Balaban J connectivity index is 2.26. The predicted molar refractivity (Wildman–Crippen MR) is 108 cm³/mol. The minimum Gasteiger partial charge on any atom is -0.465 e. The fourth-order valence-corrected chi connectivity index (χ4v) is 4.29. The molecule has 6 nitrogen and oxygen atoms in total. The first-order chi connectivity index (χ1) is 12.5. The van der Waals surface area contributed by atoms with Crippen LogP contribution in [0, 0.1) is 5.82 Å². The molecule has 27 heavy (non-hydrogen) atoms. The number of rotatable bonds is 1. The molecule has 1 saturated heterocycles. The van der Waals surface area contributed by atoms with E-state index >= 15 is 0 Å². The van der Waals surface area contributed by atoms with Crippen LogP contribution in [0.1, 0.15) is 26.3 Å². The van der Waals surface area contributed by atoms with Crippen molar-refractivity contribution in [3.8, 4) is 0 Å². The standard InChI is InChI=1S/C17H18BrCl2FN4O2/c1-17(2,3)9-8-13(12(21)10(18)11(9)19)22-15(20)23-14(8)24-4-6-25(7-5-24)16(26)27/h4-7H2,1-3H3,(H,26,27). The van der Waals surface area contributed by atoms with E-state index in [4.69, 9.17) is 28.3 Å². The molecule has 0 radical (unpaired) electrons. The van der Waals surface area contributed by atoms with E-state index in [1.807, 2.05) is 25.7 Å². The monoisotopic (exact) mass is 478 g/mol. The number of halogens is 4. The SMILES string of the molecule is CC(C)(C)c1c(Cl)c(Br)c(F)c2nc(Cl)nc(N3CCN(C(=O)O)CC3)c12. The second-order valence-electron chi connectivity index (χ2n) is 7.36. The smallest absolute Gasteiger partial charge is 0.407 e. The maximum atomic E-state index is 14.9. The summed E-state index contributed by atoms with van der Waals surface area (Å²) in [6.45, 7) is 7.36. The summed E-state index contributed by atoms with van der Waals surface area (Å²) in [5, 5.41) is 9.84. The minimum atomic E-state index is -0.964. The lowest BCUT2D eigenvalue weighted by Gasteiger charge is -2.35. The van der Waals surface area contributed by atoms with Gasteiger partial charge in [0.05, 0.1) is 14.9 Å². The molecule has 1 aromatic carbocycles. The van der Waals surface area contributed by atoms with Crippen molar-refractivity contribution in [1.29, 1.82) is 0 Å². The van der Waals surface area contributed by atoms with Crippen molar-refractivity contribution in [2.75, 3.05) is 31.1 Å². The van der Waals surface area contributed by atoms with Gasteiger partial charge in [0, 0.05) is 26.2 Å². The van der Waals surface area contributed by atoms with Crippen LogP contribution >= 0.6 is 39.1 Å². The lowest BCUT2D eigenvalue weighted by Crippen LogP contribution is -2.48. The number of aromatic nitrogens is 2. The number of fused-ring (bicyclic) bond motifs is 1. The van der Waals surface area contributed by atoms with Gasteiger partial charge in [-0.15, -0.1) is 0 Å². The highest BCUT2D eigenvalue weighted by molar-refractivity contribution is 9.10. The molecule has 1 N–H and O–H groups in total. The lowest BCUT2D eigenvalue weighted by molar-refractivity contribution is 0.142. The van der Waals surface area contributed by atoms with Gasteiger partial charge in [-0.3, -0.25) is 0 Å². The summed E-state index contributed by atoms with van der Waals surface area (Å²) in [5.41, 5.74) is 0.382. The molecule has 3 rings (SSSR count). The quantitative estimate of drug-likeness (QED) is 0.463. The van der Waals surface area contributed by atoms with Crippen molar-refractivity contribution in [3.63, 3.8) is 0 Å². The number of hydrogen-bond donors (Lipinski definition) is 1. The number of carbonyl (C=O) groups is 1. The van der Waals surface area contributed by atoms with Crippen molar-refractivity contribution in [1.82, 2.24) is 14.9 Å². The summed E-state index contributed by atoms with van der Waals surface area (Å²) in [6.07, 6.45) is -0.964. The van der Waals surface area contributed by atoms with Crippen molar-refractivity contribution in [2.45, 2.75) is 26.2 Å². The Morgan fingerprint density at radius 3 is 2.30 bits per heavy atom. The fourth-order valence-electron chi connectivity index (χ4n) is 3.27. The first kappa shape index (κ1) is 20.4. The van der Waals surface area contributed by atoms with E-state index in [0.717, 1.165) is 0 Å². The number of carboxylic acid groups (broad SMARTS) is 1. The highest BCUT2D eigenvalue weighted by Crippen LogP contribution is 2.45. The lowest BCUT2D eigenvalue weighted by atomic mass is 9.84. The first-order valence-corrected chi connectivity index (χ1v) is 9.84. The second-order valence-corrected chi connectivity index (χ2v) is 8.87. The molecule has 1 aromatic heterocycles. The molecule has 10 heteroatoms. The number of amides is 1. The molecule has 2 aromatic rings. The first-order valence-electron chi connectivity index (χ1n) is 8.29. The van der Waals surface area contributed by atoms with Gasteiger partial charge in [0.15, 0.2) is 5.82 Å². The van der Waals surface area contributed by atoms with Gasteiger partial charge in [0.1, 0.15) is 11.3 Å². The average molecular weight is 480 g/mol. The Kier molecular flexibility index (Phi) is 5.44. The molecule has 0 saturated carbocycles. The van der Waals surface area contributed by atoms with Crippen LogP contribution in [0.15, 0.2) is 4.47 Å². The van der Waals surface area contributed by atoms with E-state index in [2.05, 4.69) is 25.9 Å². The average Bonchev–Trinajstić information content (AvgIpc) is 2.59. The topological polar surface area (TPSA) is 69.6 Å². The molecule has 0 spiro atoms. The van der Waals surface area contributed by atoms with Gasteiger partial charge >= 0.3 is 6.09 Å². The summed E-state index contributed by atoms with van der Waals surface area (Å²) in [6, 6.07) is 0. The van der Waals surface area contributed by atoms with Crippen LogP contribution in [0.25, 0.3) is 10.9 Å². The molecule has 0 atom stereocenters. The number of hydrogen-bond acceptors (Lipinski definition) is 4. The number of nitrogens with zero attached hydrogens (tertiary/aromatic N) is 4. The van der Waals surface area contributed by atoms with Gasteiger partial charge in [-0.25, -0.2) is 14.2 Å². The van der Waals surface area contributed by atoms with Gasteiger partial charge in [-0.05, 0) is 38.5 Å². The van der Waals surface area contributed by atoms with Crippen LogP contribution in [0.4, 0.5) is 15.0 Å². The van der Waals surface area contributed by atoms with Crippen LogP contribution in [0.2, 0.25) is 10.3 Å². The third-order valence-electron chi connectivity index (χ3n) is 4.53. The Hall–Kier alpha value is -1.38. The minimum absolute atomic E-state index is 0.0776. The molecule has 1 fully saturated rings. The van der Waals surface area contributed by atoms with Gasteiger partial charge in [-0.2, -0.15) is 4.98 Å². The van der Waals surface area contributed by atoms with Crippen LogP contribution in [-0.2, 0) is 5.41 Å². The molecular weight excluding hydrogens is 462 g/mol. The molecule has 2 heterocycles. The van der Waals surface area contributed by atoms with E-state index in [1.54, 1.807) is 0 Å².